The number of rotatable bonds is 9. The van der Waals surface area contributed by atoms with Crippen LogP contribution in [-0.2, 0) is 24.4 Å². The van der Waals surface area contributed by atoms with Crippen molar-refractivity contribution in [2.24, 2.45) is 0 Å². The summed E-state index contributed by atoms with van der Waals surface area (Å²) >= 11 is 6.21. The molecule has 2 N–H and O–H groups in total. The highest BCUT2D eigenvalue weighted by Crippen LogP contribution is 2.23. The number of aromatic nitrogens is 2. The zero-order valence-electron chi connectivity index (χ0n) is 18.7. The van der Waals surface area contributed by atoms with E-state index >= 15 is 0 Å². The van der Waals surface area contributed by atoms with Gasteiger partial charge in [0.1, 0.15) is 30.5 Å². The largest absolute Gasteiger partial charge is 0.497 e. The number of halogens is 1. The molecule has 8 nitrogen and oxygen atoms in total. The quantitative estimate of drug-likeness (QED) is 0.496. The lowest BCUT2D eigenvalue weighted by Gasteiger charge is -2.16. The summed E-state index contributed by atoms with van der Waals surface area (Å²) in [5.74, 6) is 1.10. The highest BCUT2D eigenvalue weighted by atomic mass is 35.5. The number of nitrogens with zero attached hydrogens (tertiary/aromatic N) is 2. The maximum atomic E-state index is 13.1. The average molecular weight is 472 g/mol. The summed E-state index contributed by atoms with van der Waals surface area (Å²) in [6.45, 7) is 3.08. The molecule has 0 fully saturated rings. The van der Waals surface area contributed by atoms with Crippen LogP contribution >= 0.6 is 11.6 Å². The van der Waals surface area contributed by atoms with Crippen LogP contribution in [0.2, 0.25) is 5.02 Å². The zero-order valence-corrected chi connectivity index (χ0v) is 19.5. The maximum absolute atomic E-state index is 13.1. The Morgan fingerprint density at radius 2 is 1.85 bits per heavy atom. The van der Waals surface area contributed by atoms with Crippen molar-refractivity contribution >= 4 is 23.2 Å². The number of nitrogens with one attached hydrogen (secondary N) is 1. The van der Waals surface area contributed by atoms with Crippen LogP contribution in [-0.4, -0.2) is 34.3 Å². The Balaban J connectivity index is 1.87. The van der Waals surface area contributed by atoms with Gasteiger partial charge in [0.05, 0.1) is 17.8 Å². The molecule has 2 aromatic carbocycles. The third-order valence-electron chi connectivity index (χ3n) is 5.04. The minimum absolute atomic E-state index is 0.0274. The molecule has 33 heavy (non-hydrogen) atoms. The van der Waals surface area contributed by atoms with Crippen molar-refractivity contribution in [3.63, 3.8) is 0 Å². The van der Waals surface area contributed by atoms with Crippen molar-refractivity contribution in [1.82, 2.24) is 9.55 Å². The average Bonchev–Trinajstić information content (AvgIpc) is 2.79. The summed E-state index contributed by atoms with van der Waals surface area (Å²) in [7, 11) is 1.57. The molecule has 0 aliphatic heterocycles. The molecule has 0 radical (unpaired) electrons. The van der Waals surface area contributed by atoms with Crippen LogP contribution in [0.15, 0.2) is 47.3 Å². The first-order chi connectivity index (χ1) is 15.8. The molecule has 0 saturated carbocycles. The number of hydrogen-bond donors (Lipinski definition) is 2. The van der Waals surface area contributed by atoms with Gasteiger partial charge in [-0.2, -0.15) is 0 Å². The highest BCUT2D eigenvalue weighted by Gasteiger charge is 2.17. The lowest BCUT2D eigenvalue weighted by molar-refractivity contribution is -0.116. The minimum atomic E-state index is -0.436. The Morgan fingerprint density at radius 3 is 2.48 bits per heavy atom. The molecule has 1 amide bonds. The predicted molar refractivity (Wildman–Crippen MR) is 126 cm³/mol. The second kappa shape index (κ2) is 11.0. The minimum Gasteiger partial charge on any atom is -0.497 e. The number of hydrogen-bond acceptors (Lipinski definition) is 6. The van der Waals surface area contributed by atoms with Gasteiger partial charge in [-0.15, -0.1) is 0 Å². The first-order valence-corrected chi connectivity index (χ1v) is 10.7. The smallest absolute Gasteiger partial charge is 0.257 e. The Bertz CT molecular complexity index is 1190. The molecule has 0 aliphatic rings. The topological polar surface area (TPSA) is 103 Å². The first-order valence-electron chi connectivity index (χ1n) is 10.3. The molecular formula is C24H26ClN3O5. The number of aryl methyl sites for hydroxylation is 2. The maximum Gasteiger partial charge on any atom is 0.257 e. The van der Waals surface area contributed by atoms with Gasteiger partial charge >= 0.3 is 0 Å². The molecule has 0 saturated heterocycles. The van der Waals surface area contributed by atoms with Gasteiger partial charge in [-0.1, -0.05) is 17.7 Å². The number of aliphatic hydroxyl groups excluding tert-OH is 1. The van der Waals surface area contributed by atoms with E-state index in [9.17, 15) is 14.7 Å². The van der Waals surface area contributed by atoms with E-state index in [0.717, 1.165) is 5.56 Å². The van der Waals surface area contributed by atoms with E-state index in [2.05, 4.69) is 10.3 Å². The Labute approximate surface area is 196 Å². The van der Waals surface area contributed by atoms with Gasteiger partial charge in [0, 0.05) is 24.3 Å². The third kappa shape index (κ3) is 6.12. The van der Waals surface area contributed by atoms with Crippen LogP contribution in [0.5, 0.6) is 11.5 Å². The van der Waals surface area contributed by atoms with Gasteiger partial charge in [0.25, 0.3) is 5.56 Å². The lowest BCUT2D eigenvalue weighted by atomic mass is 10.1. The molecule has 0 unspecified atom stereocenters. The van der Waals surface area contributed by atoms with Crippen LogP contribution in [0.25, 0.3) is 0 Å². The third-order valence-corrected chi connectivity index (χ3v) is 5.35. The number of carbonyl (C=O) groups excluding carboxylic acids is 1. The van der Waals surface area contributed by atoms with E-state index in [1.54, 1.807) is 50.4 Å². The first kappa shape index (κ1) is 24.3. The molecule has 1 aromatic heterocycles. The van der Waals surface area contributed by atoms with E-state index in [0.29, 0.717) is 39.3 Å². The second-order valence-corrected chi connectivity index (χ2v) is 7.86. The fraction of sp³-hybridized carbons (Fsp3) is 0.292. The van der Waals surface area contributed by atoms with Crippen LogP contribution < -0.4 is 20.3 Å². The summed E-state index contributed by atoms with van der Waals surface area (Å²) in [6, 6.07) is 12.3. The number of aliphatic hydroxyl groups is 1. The van der Waals surface area contributed by atoms with E-state index < -0.39 is 11.5 Å². The molecular weight excluding hydrogens is 446 g/mol. The van der Waals surface area contributed by atoms with E-state index in [1.165, 1.54) is 4.57 Å². The summed E-state index contributed by atoms with van der Waals surface area (Å²) in [6.07, 6.45) is 0.142. The number of carbonyl (C=O) groups is 1. The molecule has 0 spiro atoms. The molecule has 3 rings (SSSR count). The lowest BCUT2D eigenvalue weighted by Crippen LogP contribution is -2.34. The number of benzene rings is 2. The number of methoxy groups -OCH3 is 1. The molecule has 1 heterocycles. The van der Waals surface area contributed by atoms with E-state index in [-0.39, 0.29) is 26.2 Å². The van der Waals surface area contributed by atoms with Crippen LogP contribution in [0.3, 0.4) is 0 Å². The van der Waals surface area contributed by atoms with Crippen LogP contribution in [0.4, 0.5) is 5.69 Å². The Kier molecular flexibility index (Phi) is 8.08. The van der Waals surface area contributed by atoms with Crippen LogP contribution in [0, 0.1) is 13.8 Å². The van der Waals surface area contributed by atoms with Gasteiger partial charge in [-0.25, -0.2) is 4.98 Å². The highest BCUT2D eigenvalue weighted by molar-refractivity contribution is 6.33. The number of amides is 1. The van der Waals surface area contributed by atoms with Gasteiger partial charge in [-0.05, 0) is 55.8 Å². The van der Waals surface area contributed by atoms with Gasteiger partial charge in [0.15, 0.2) is 0 Å². The monoisotopic (exact) mass is 471 g/mol. The zero-order chi connectivity index (χ0) is 24.0. The number of ether oxygens (including phenoxy) is 2. The van der Waals surface area contributed by atoms with Gasteiger partial charge in [-0.3, -0.25) is 14.2 Å². The van der Waals surface area contributed by atoms with Crippen molar-refractivity contribution in [2.75, 3.05) is 19.0 Å². The summed E-state index contributed by atoms with van der Waals surface area (Å²) in [5, 5.41) is 12.5. The molecule has 3 aromatic rings. The molecule has 174 valence electrons. The Morgan fingerprint density at radius 1 is 1.15 bits per heavy atom. The van der Waals surface area contributed by atoms with Crippen molar-refractivity contribution < 1.29 is 19.4 Å². The SMILES string of the molecule is COc1ccc(OCc2nc(C)c(CCO)c(=O)n2CC(=O)Nc2ccc(C)cc2Cl)cc1. The van der Waals surface area contributed by atoms with Crippen LogP contribution in [0.1, 0.15) is 22.6 Å². The molecule has 0 bridgehead atoms. The fourth-order valence-electron chi connectivity index (χ4n) is 3.30. The fourth-order valence-corrected chi connectivity index (χ4v) is 3.59. The number of anilines is 1. The van der Waals surface area contributed by atoms with E-state index in [4.69, 9.17) is 21.1 Å². The summed E-state index contributed by atoms with van der Waals surface area (Å²) < 4.78 is 12.2. The second-order valence-electron chi connectivity index (χ2n) is 7.45. The predicted octanol–water partition coefficient (Wildman–Crippen LogP) is 3.27. The Hall–Kier alpha value is -3.36. The van der Waals surface area contributed by atoms with Gasteiger partial charge in [0.2, 0.25) is 5.91 Å². The van der Waals surface area contributed by atoms with Gasteiger partial charge < -0.3 is 19.9 Å². The summed E-state index contributed by atoms with van der Waals surface area (Å²) in [4.78, 5) is 30.4. The standard InChI is InChI=1S/C24H26ClN3O5/c1-15-4-9-21(20(25)12-15)27-23(30)13-28-22(26-16(2)19(10-11-29)24(28)31)14-33-18-7-5-17(32-3)6-8-18/h4-9,12,29H,10-11,13-14H2,1-3H3,(H,27,30). The van der Waals surface area contributed by atoms with E-state index in [1.807, 2.05) is 13.0 Å². The molecule has 0 atom stereocenters. The normalized spacial score (nSPS) is 10.7. The van der Waals surface area contributed by atoms with Crippen molar-refractivity contribution in [2.45, 2.75) is 33.4 Å². The summed E-state index contributed by atoms with van der Waals surface area (Å²) in [5.41, 5.74) is 1.86. The van der Waals surface area contributed by atoms with Crippen molar-refractivity contribution in [3.8, 4) is 11.5 Å². The van der Waals surface area contributed by atoms with Crippen molar-refractivity contribution in [1.29, 1.82) is 0 Å². The van der Waals surface area contributed by atoms with Crippen molar-refractivity contribution in [3.05, 3.63) is 80.5 Å². The molecule has 9 heteroatoms. The molecule has 0 aliphatic carbocycles.